The summed E-state index contributed by atoms with van der Waals surface area (Å²) in [6.07, 6.45) is 2.29. The molecule has 0 radical (unpaired) electrons. The second kappa shape index (κ2) is 9.82. The van der Waals surface area contributed by atoms with Crippen LogP contribution in [0, 0.1) is 0 Å². The van der Waals surface area contributed by atoms with Crippen molar-refractivity contribution in [2.75, 3.05) is 42.0 Å². The number of hydrogen-bond acceptors (Lipinski definition) is 4. The lowest BCUT2D eigenvalue weighted by atomic mass is 10.1. The van der Waals surface area contributed by atoms with Gasteiger partial charge in [-0.25, -0.2) is 0 Å². The van der Waals surface area contributed by atoms with E-state index >= 15 is 0 Å². The fraction of sp³-hybridized carbons (Fsp3) is 0.588. The largest absolute Gasteiger partial charge is 0.496 e. The number of methoxy groups -OCH3 is 3. The van der Waals surface area contributed by atoms with E-state index in [9.17, 15) is 0 Å². The summed E-state index contributed by atoms with van der Waals surface area (Å²) in [5.41, 5.74) is 0.931. The molecule has 0 aromatic heterocycles. The maximum Gasteiger partial charge on any atom is 0.193 e. The van der Waals surface area contributed by atoms with Crippen molar-refractivity contribution >= 4 is 5.96 Å². The van der Waals surface area contributed by atoms with Crippen LogP contribution in [0.1, 0.15) is 25.3 Å². The highest BCUT2D eigenvalue weighted by Gasteiger charge is 2.14. The van der Waals surface area contributed by atoms with Gasteiger partial charge in [-0.2, -0.15) is 0 Å². The summed E-state index contributed by atoms with van der Waals surface area (Å²) in [5, 5.41) is 3.36. The molecule has 0 aliphatic carbocycles. The van der Waals surface area contributed by atoms with Gasteiger partial charge in [0.05, 0.1) is 33.4 Å². The van der Waals surface area contributed by atoms with E-state index in [1.165, 1.54) is 0 Å². The van der Waals surface area contributed by atoms with Crippen molar-refractivity contribution in [3.05, 3.63) is 17.7 Å². The third kappa shape index (κ3) is 5.23. The molecule has 0 atom stereocenters. The quantitative estimate of drug-likeness (QED) is 0.588. The number of ether oxygens (including phenoxy) is 3. The molecule has 1 N–H and O–H groups in total. The molecule has 130 valence electrons. The molecule has 0 unspecified atom stereocenters. The molecule has 6 nitrogen and oxygen atoms in total. The van der Waals surface area contributed by atoms with Crippen LogP contribution in [0.3, 0.4) is 0 Å². The van der Waals surface area contributed by atoms with E-state index in [0.29, 0.717) is 12.3 Å². The molecule has 1 rings (SSSR count). The highest BCUT2D eigenvalue weighted by atomic mass is 16.5. The Morgan fingerprint density at radius 1 is 1.13 bits per heavy atom. The van der Waals surface area contributed by atoms with Gasteiger partial charge >= 0.3 is 0 Å². The SMILES string of the molecule is CCCCN(C)C(=NC)NCc1c(OC)cc(OC)cc1OC. The Balaban J connectivity index is 2.91. The van der Waals surface area contributed by atoms with Crippen molar-refractivity contribution in [1.82, 2.24) is 10.2 Å². The lowest BCUT2D eigenvalue weighted by molar-refractivity contribution is 0.367. The van der Waals surface area contributed by atoms with Crippen LogP contribution in [0.4, 0.5) is 0 Å². The molecular formula is C17H29N3O3. The van der Waals surface area contributed by atoms with Gasteiger partial charge in [-0.05, 0) is 6.42 Å². The smallest absolute Gasteiger partial charge is 0.193 e. The molecule has 0 saturated heterocycles. The monoisotopic (exact) mass is 323 g/mol. The zero-order valence-corrected chi connectivity index (χ0v) is 15.1. The molecule has 1 aromatic rings. The molecule has 0 saturated carbocycles. The van der Waals surface area contributed by atoms with Gasteiger partial charge in [0, 0.05) is 32.8 Å². The summed E-state index contributed by atoms with van der Waals surface area (Å²) in [6, 6.07) is 3.70. The summed E-state index contributed by atoms with van der Waals surface area (Å²) in [4.78, 5) is 6.44. The highest BCUT2D eigenvalue weighted by Crippen LogP contribution is 2.33. The predicted octanol–water partition coefficient (Wildman–Crippen LogP) is 2.52. The lowest BCUT2D eigenvalue weighted by Gasteiger charge is -2.23. The topological polar surface area (TPSA) is 55.3 Å². The Labute approximate surface area is 139 Å². The van der Waals surface area contributed by atoms with Gasteiger partial charge in [0.25, 0.3) is 0 Å². The van der Waals surface area contributed by atoms with E-state index in [-0.39, 0.29) is 0 Å². The standard InChI is InChI=1S/C17H29N3O3/c1-7-8-9-20(3)17(18-2)19-12-14-15(22-5)10-13(21-4)11-16(14)23-6/h10-11H,7-9,12H2,1-6H3,(H,18,19). The summed E-state index contributed by atoms with van der Waals surface area (Å²) in [6.45, 7) is 3.70. The molecular weight excluding hydrogens is 294 g/mol. The summed E-state index contributed by atoms with van der Waals surface area (Å²) >= 11 is 0. The van der Waals surface area contributed by atoms with Crippen molar-refractivity contribution < 1.29 is 14.2 Å². The first kappa shape index (κ1) is 18.9. The van der Waals surface area contributed by atoms with Gasteiger partial charge < -0.3 is 24.4 Å². The van der Waals surface area contributed by atoms with Gasteiger partial charge in [0.1, 0.15) is 17.2 Å². The van der Waals surface area contributed by atoms with Gasteiger partial charge in [0.15, 0.2) is 5.96 Å². The summed E-state index contributed by atoms with van der Waals surface area (Å²) in [5.74, 6) is 2.99. The molecule has 0 spiro atoms. The molecule has 23 heavy (non-hydrogen) atoms. The van der Waals surface area contributed by atoms with E-state index in [2.05, 4.69) is 22.1 Å². The van der Waals surface area contributed by atoms with Gasteiger partial charge in [-0.15, -0.1) is 0 Å². The molecule has 0 bridgehead atoms. The van der Waals surface area contributed by atoms with E-state index < -0.39 is 0 Å². The Morgan fingerprint density at radius 3 is 2.17 bits per heavy atom. The normalized spacial score (nSPS) is 11.1. The summed E-state index contributed by atoms with van der Waals surface area (Å²) < 4.78 is 16.2. The number of benzene rings is 1. The van der Waals surface area contributed by atoms with Crippen molar-refractivity contribution in [2.24, 2.45) is 4.99 Å². The average Bonchev–Trinajstić information content (AvgIpc) is 2.59. The van der Waals surface area contributed by atoms with Crippen LogP contribution in [0.25, 0.3) is 0 Å². The summed E-state index contributed by atoms with van der Waals surface area (Å²) in [7, 11) is 8.72. The van der Waals surface area contributed by atoms with Crippen LogP contribution >= 0.6 is 0 Å². The zero-order valence-electron chi connectivity index (χ0n) is 15.1. The average molecular weight is 323 g/mol. The molecule has 1 aromatic carbocycles. The number of hydrogen-bond donors (Lipinski definition) is 1. The van der Waals surface area contributed by atoms with E-state index in [4.69, 9.17) is 14.2 Å². The Hall–Kier alpha value is -2.11. The minimum absolute atomic E-state index is 0.555. The fourth-order valence-electron chi connectivity index (χ4n) is 2.31. The van der Waals surface area contributed by atoms with Crippen LogP contribution in [0.2, 0.25) is 0 Å². The minimum Gasteiger partial charge on any atom is -0.496 e. The second-order valence-electron chi connectivity index (χ2n) is 5.19. The van der Waals surface area contributed by atoms with Crippen LogP contribution in [-0.2, 0) is 6.54 Å². The van der Waals surface area contributed by atoms with Gasteiger partial charge in [-0.1, -0.05) is 13.3 Å². The van der Waals surface area contributed by atoms with Crippen LogP contribution in [0.15, 0.2) is 17.1 Å². The number of rotatable bonds is 8. The van der Waals surface area contributed by atoms with Crippen LogP contribution in [-0.4, -0.2) is 52.8 Å². The fourth-order valence-corrected chi connectivity index (χ4v) is 2.31. The van der Waals surface area contributed by atoms with Gasteiger partial charge in [0.2, 0.25) is 0 Å². The predicted molar refractivity (Wildman–Crippen MR) is 93.8 cm³/mol. The molecule has 6 heteroatoms. The second-order valence-corrected chi connectivity index (χ2v) is 5.19. The van der Waals surface area contributed by atoms with E-state index in [1.54, 1.807) is 28.4 Å². The highest BCUT2D eigenvalue weighted by molar-refractivity contribution is 5.79. The van der Waals surface area contributed by atoms with Gasteiger partial charge in [-0.3, -0.25) is 4.99 Å². The first-order chi connectivity index (χ1) is 11.1. The minimum atomic E-state index is 0.555. The van der Waals surface area contributed by atoms with Crippen molar-refractivity contribution in [2.45, 2.75) is 26.3 Å². The zero-order chi connectivity index (χ0) is 17.2. The third-order valence-corrected chi connectivity index (χ3v) is 3.66. The molecule has 0 aliphatic rings. The Morgan fingerprint density at radius 2 is 1.74 bits per heavy atom. The first-order valence-corrected chi connectivity index (χ1v) is 7.81. The lowest BCUT2D eigenvalue weighted by Crippen LogP contribution is -2.39. The number of nitrogens with zero attached hydrogens (tertiary/aromatic N) is 2. The van der Waals surface area contributed by atoms with Crippen molar-refractivity contribution in [1.29, 1.82) is 0 Å². The maximum atomic E-state index is 5.47. The van der Waals surface area contributed by atoms with Crippen molar-refractivity contribution in [3.8, 4) is 17.2 Å². The maximum absolute atomic E-state index is 5.47. The number of unbranched alkanes of at least 4 members (excludes halogenated alkanes) is 1. The molecule has 0 amide bonds. The molecule has 0 fully saturated rings. The van der Waals surface area contributed by atoms with Crippen LogP contribution in [0.5, 0.6) is 17.2 Å². The Kier molecular flexibility index (Phi) is 8.08. The van der Waals surface area contributed by atoms with E-state index in [0.717, 1.165) is 42.4 Å². The number of guanidine groups is 1. The third-order valence-electron chi connectivity index (χ3n) is 3.66. The van der Waals surface area contributed by atoms with Crippen LogP contribution < -0.4 is 19.5 Å². The molecule has 0 aliphatic heterocycles. The Bertz CT molecular complexity index is 493. The number of aliphatic imine (C=N–C) groups is 1. The molecule has 0 heterocycles. The first-order valence-electron chi connectivity index (χ1n) is 7.81. The van der Waals surface area contributed by atoms with Crippen molar-refractivity contribution in [3.63, 3.8) is 0 Å². The number of nitrogens with one attached hydrogen (secondary N) is 1. The van der Waals surface area contributed by atoms with E-state index in [1.807, 2.05) is 19.2 Å².